The Balaban J connectivity index is 2.28. The molecule has 0 bridgehead atoms. The summed E-state index contributed by atoms with van der Waals surface area (Å²) in [5, 5.41) is 4.37. The highest BCUT2D eigenvalue weighted by Gasteiger charge is 2.14. The number of pyridine rings is 1. The minimum atomic E-state index is 0.492. The second kappa shape index (κ2) is 4.55. The lowest BCUT2D eigenvalue weighted by atomic mass is 10.1. The molecule has 0 atom stereocenters. The van der Waals surface area contributed by atoms with Gasteiger partial charge < -0.3 is 9.26 Å². The van der Waals surface area contributed by atoms with E-state index in [4.69, 9.17) is 20.9 Å². The molecular formula is C14H11ClN2O2. The second-order valence-electron chi connectivity index (χ2n) is 4.14. The molecule has 0 aliphatic heterocycles. The van der Waals surface area contributed by atoms with E-state index in [9.17, 15) is 0 Å². The monoisotopic (exact) mass is 274 g/mol. The Kier molecular flexibility index (Phi) is 2.87. The molecule has 0 fully saturated rings. The van der Waals surface area contributed by atoms with Gasteiger partial charge in [-0.05, 0) is 25.1 Å². The molecule has 3 aromatic rings. The fourth-order valence-electron chi connectivity index (χ4n) is 1.99. The third-order valence-corrected chi connectivity index (χ3v) is 3.21. The van der Waals surface area contributed by atoms with E-state index in [1.807, 2.05) is 31.2 Å². The van der Waals surface area contributed by atoms with Crippen molar-refractivity contribution in [1.82, 2.24) is 10.1 Å². The topological polar surface area (TPSA) is 48.2 Å². The zero-order valence-corrected chi connectivity index (χ0v) is 11.2. The molecule has 0 saturated heterocycles. The second-order valence-corrected chi connectivity index (χ2v) is 4.54. The van der Waals surface area contributed by atoms with Crippen LogP contribution in [-0.2, 0) is 0 Å². The third kappa shape index (κ3) is 1.94. The van der Waals surface area contributed by atoms with Crippen LogP contribution in [-0.4, -0.2) is 17.3 Å². The number of hydrogen-bond donors (Lipinski definition) is 0. The van der Waals surface area contributed by atoms with E-state index >= 15 is 0 Å². The van der Waals surface area contributed by atoms with Gasteiger partial charge in [0.25, 0.3) is 0 Å². The van der Waals surface area contributed by atoms with Crippen molar-refractivity contribution in [3.63, 3.8) is 0 Å². The maximum atomic E-state index is 6.21. The lowest BCUT2D eigenvalue weighted by Gasteiger charge is -2.07. The number of rotatable bonds is 2. The molecule has 2 heterocycles. The maximum absolute atomic E-state index is 6.21. The van der Waals surface area contributed by atoms with Crippen molar-refractivity contribution in [2.45, 2.75) is 6.92 Å². The van der Waals surface area contributed by atoms with Crippen LogP contribution in [0.1, 0.15) is 5.69 Å². The minimum Gasteiger partial charge on any atom is -0.496 e. The molecule has 0 unspecified atom stereocenters. The number of fused-ring (bicyclic) bond motifs is 1. The van der Waals surface area contributed by atoms with Crippen LogP contribution in [0.15, 0.2) is 34.9 Å². The van der Waals surface area contributed by atoms with Crippen molar-refractivity contribution < 1.29 is 9.26 Å². The van der Waals surface area contributed by atoms with Crippen molar-refractivity contribution in [2.24, 2.45) is 0 Å². The molecule has 4 nitrogen and oxygen atoms in total. The zero-order chi connectivity index (χ0) is 13.4. The molecule has 0 spiro atoms. The summed E-state index contributed by atoms with van der Waals surface area (Å²) >= 11 is 6.21. The molecule has 0 radical (unpaired) electrons. The number of para-hydroxylation sites is 1. The molecule has 2 aromatic heterocycles. The van der Waals surface area contributed by atoms with Gasteiger partial charge in [0, 0.05) is 5.56 Å². The Morgan fingerprint density at radius 3 is 2.84 bits per heavy atom. The van der Waals surface area contributed by atoms with Gasteiger partial charge in [0.2, 0.25) is 5.58 Å². The summed E-state index contributed by atoms with van der Waals surface area (Å²) in [4.78, 5) is 4.55. The molecular weight excluding hydrogens is 264 g/mol. The standard InChI is InChI=1S/C14H11ClN2O2/c1-8-13-14(19-17-8)10(15)7-11(16-13)9-5-3-4-6-12(9)18-2/h3-7H,1-2H3. The van der Waals surface area contributed by atoms with Crippen molar-refractivity contribution in [2.75, 3.05) is 7.11 Å². The first-order chi connectivity index (χ1) is 9.20. The average molecular weight is 275 g/mol. The summed E-state index contributed by atoms with van der Waals surface area (Å²) in [5.74, 6) is 0.750. The molecule has 0 aliphatic rings. The van der Waals surface area contributed by atoms with Crippen LogP contribution in [0.3, 0.4) is 0 Å². The summed E-state index contributed by atoms with van der Waals surface area (Å²) in [6, 6.07) is 9.42. The molecule has 0 amide bonds. The van der Waals surface area contributed by atoms with E-state index in [-0.39, 0.29) is 0 Å². The van der Waals surface area contributed by atoms with Crippen molar-refractivity contribution in [3.05, 3.63) is 41.0 Å². The predicted octanol–water partition coefficient (Wildman–Crippen LogP) is 3.86. The van der Waals surface area contributed by atoms with Crippen LogP contribution in [0, 0.1) is 6.92 Å². The zero-order valence-electron chi connectivity index (χ0n) is 10.5. The highest BCUT2D eigenvalue weighted by Crippen LogP contribution is 2.33. The van der Waals surface area contributed by atoms with Gasteiger partial charge in [-0.2, -0.15) is 0 Å². The third-order valence-electron chi connectivity index (χ3n) is 2.93. The minimum absolute atomic E-state index is 0.492. The first-order valence-corrected chi connectivity index (χ1v) is 6.14. The van der Waals surface area contributed by atoms with Crippen molar-refractivity contribution in [3.8, 4) is 17.0 Å². The van der Waals surface area contributed by atoms with Gasteiger partial charge in [0.1, 0.15) is 17.0 Å². The highest BCUT2D eigenvalue weighted by atomic mass is 35.5. The molecule has 19 heavy (non-hydrogen) atoms. The van der Waals surface area contributed by atoms with Gasteiger partial charge in [-0.25, -0.2) is 4.98 Å². The summed E-state index contributed by atoms with van der Waals surface area (Å²) < 4.78 is 10.5. The SMILES string of the molecule is COc1ccccc1-c1cc(Cl)c2onc(C)c2n1. The van der Waals surface area contributed by atoms with E-state index < -0.39 is 0 Å². The van der Waals surface area contributed by atoms with Gasteiger partial charge in [-0.3, -0.25) is 0 Å². The van der Waals surface area contributed by atoms with Crippen molar-refractivity contribution >= 4 is 22.7 Å². The number of ether oxygens (including phenoxy) is 1. The Morgan fingerprint density at radius 1 is 1.26 bits per heavy atom. The van der Waals surface area contributed by atoms with E-state index in [2.05, 4.69) is 10.1 Å². The fourth-order valence-corrected chi connectivity index (χ4v) is 2.21. The van der Waals surface area contributed by atoms with Crippen LogP contribution in [0.2, 0.25) is 5.02 Å². The van der Waals surface area contributed by atoms with Gasteiger partial charge in [0.15, 0.2) is 0 Å². The van der Waals surface area contributed by atoms with E-state index in [1.165, 1.54) is 0 Å². The highest BCUT2D eigenvalue weighted by molar-refractivity contribution is 6.35. The molecule has 0 N–H and O–H groups in total. The van der Waals surface area contributed by atoms with E-state index in [0.29, 0.717) is 21.8 Å². The largest absolute Gasteiger partial charge is 0.496 e. The number of nitrogens with zero attached hydrogens (tertiary/aromatic N) is 2. The van der Waals surface area contributed by atoms with E-state index in [1.54, 1.807) is 13.2 Å². The summed E-state index contributed by atoms with van der Waals surface area (Å²) in [6.07, 6.45) is 0. The van der Waals surface area contributed by atoms with Crippen LogP contribution in [0.4, 0.5) is 0 Å². The number of hydrogen-bond acceptors (Lipinski definition) is 4. The van der Waals surface area contributed by atoms with Gasteiger partial charge in [0.05, 0.1) is 17.8 Å². The lowest BCUT2D eigenvalue weighted by Crippen LogP contribution is -1.90. The molecule has 3 rings (SSSR count). The van der Waals surface area contributed by atoms with Crippen LogP contribution in [0.25, 0.3) is 22.4 Å². The van der Waals surface area contributed by atoms with Gasteiger partial charge >= 0.3 is 0 Å². The molecule has 96 valence electrons. The van der Waals surface area contributed by atoms with Crippen LogP contribution in [0.5, 0.6) is 5.75 Å². The van der Waals surface area contributed by atoms with Crippen molar-refractivity contribution in [1.29, 1.82) is 0 Å². The Bertz CT molecular complexity index is 752. The number of methoxy groups -OCH3 is 1. The Hall–Kier alpha value is -2.07. The lowest BCUT2D eigenvalue weighted by molar-refractivity contribution is 0.416. The van der Waals surface area contributed by atoms with Gasteiger partial charge in [-0.1, -0.05) is 28.9 Å². The number of aryl methyl sites for hydroxylation is 1. The molecule has 1 aromatic carbocycles. The Labute approximate surface area is 115 Å². The molecule has 0 saturated carbocycles. The van der Waals surface area contributed by atoms with E-state index in [0.717, 1.165) is 17.0 Å². The number of aromatic nitrogens is 2. The van der Waals surface area contributed by atoms with Gasteiger partial charge in [-0.15, -0.1) is 0 Å². The number of halogens is 1. The first kappa shape index (κ1) is 12.0. The van der Waals surface area contributed by atoms with Crippen LogP contribution < -0.4 is 4.74 Å². The smallest absolute Gasteiger partial charge is 0.204 e. The molecule has 5 heteroatoms. The first-order valence-electron chi connectivity index (χ1n) is 5.76. The maximum Gasteiger partial charge on any atom is 0.204 e. The Morgan fingerprint density at radius 2 is 2.05 bits per heavy atom. The average Bonchev–Trinajstić information content (AvgIpc) is 2.81. The summed E-state index contributed by atoms with van der Waals surface area (Å²) in [7, 11) is 1.63. The predicted molar refractivity (Wildman–Crippen MR) is 73.5 cm³/mol. The fraction of sp³-hybridized carbons (Fsp3) is 0.143. The summed E-state index contributed by atoms with van der Waals surface area (Å²) in [6.45, 7) is 1.83. The normalized spacial score (nSPS) is 10.9. The number of benzene rings is 1. The van der Waals surface area contributed by atoms with Crippen LogP contribution >= 0.6 is 11.6 Å². The quantitative estimate of drug-likeness (QED) is 0.712. The molecule has 0 aliphatic carbocycles. The summed E-state index contributed by atoms with van der Waals surface area (Å²) in [5.41, 5.74) is 3.52.